The van der Waals surface area contributed by atoms with E-state index in [-0.39, 0.29) is 24.7 Å². The molecule has 2 aromatic carbocycles. The third-order valence-electron chi connectivity index (χ3n) is 4.73. The minimum absolute atomic E-state index is 0.00194. The molecule has 0 aliphatic carbocycles. The number of nitrogens with one attached hydrogen (secondary N) is 1. The topological polar surface area (TPSA) is 49.4 Å². The Kier molecular flexibility index (Phi) is 5.90. The molecule has 27 heavy (non-hydrogen) atoms. The van der Waals surface area contributed by atoms with Gasteiger partial charge in [0.25, 0.3) is 0 Å². The molecule has 1 aliphatic heterocycles. The van der Waals surface area contributed by atoms with E-state index in [1.165, 1.54) is 5.56 Å². The lowest BCUT2D eigenvalue weighted by molar-refractivity contribution is -0.122. The number of thioether (sulfide) groups is 1. The van der Waals surface area contributed by atoms with Gasteiger partial charge in [0.05, 0.1) is 5.69 Å². The molecule has 0 fully saturated rings. The second-order valence-corrected chi connectivity index (χ2v) is 8.70. The summed E-state index contributed by atoms with van der Waals surface area (Å²) in [6.07, 6.45) is 0.396. The minimum atomic E-state index is -0.119. The van der Waals surface area contributed by atoms with Gasteiger partial charge in [0, 0.05) is 35.2 Å². The summed E-state index contributed by atoms with van der Waals surface area (Å²) in [6.45, 7) is 8.82. The Labute approximate surface area is 165 Å². The largest absolute Gasteiger partial charge is 0.326 e. The molecular weight excluding hydrogens is 356 g/mol. The van der Waals surface area contributed by atoms with Crippen molar-refractivity contribution in [1.82, 2.24) is 0 Å². The lowest BCUT2D eigenvalue weighted by atomic mass is 10.0. The van der Waals surface area contributed by atoms with Gasteiger partial charge in [0.15, 0.2) is 0 Å². The van der Waals surface area contributed by atoms with Crippen molar-refractivity contribution < 1.29 is 9.59 Å². The summed E-state index contributed by atoms with van der Waals surface area (Å²) >= 11 is 1.79. The highest BCUT2D eigenvalue weighted by molar-refractivity contribution is 8.00. The molecule has 0 saturated heterocycles. The van der Waals surface area contributed by atoms with Crippen LogP contribution >= 0.6 is 11.8 Å². The zero-order valence-corrected chi connectivity index (χ0v) is 17.2. The molecule has 142 valence electrons. The molecule has 2 aromatic rings. The van der Waals surface area contributed by atoms with E-state index in [1.807, 2.05) is 49.9 Å². The third-order valence-corrected chi connectivity index (χ3v) is 5.88. The number of carbonyl (C=O) groups excluding carboxylic acids is 2. The van der Waals surface area contributed by atoms with Gasteiger partial charge in [-0.3, -0.25) is 9.59 Å². The van der Waals surface area contributed by atoms with Crippen molar-refractivity contribution in [3.63, 3.8) is 0 Å². The maximum Gasteiger partial charge on any atom is 0.227 e. The van der Waals surface area contributed by atoms with Crippen LogP contribution in [0.25, 0.3) is 0 Å². The van der Waals surface area contributed by atoms with Gasteiger partial charge in [-0.05, 0) is 44.0 Å². The second kappa shape index (κ2) is 8.17. The Morgan fingerprint density at radius 3 is 2.48 bits per heavy atom. The maximum atomic E-state index is 12.8. The molecule has 2 amide bonds. The fourth-order valence-corrected chi connectivity index (χ4v) is 4.67. The zero-order valence-electron chi connectivity index (χ0n) is 16.3. The predicted molar refractivity (Wildman–Crippen MR) is 113 cm³/mol. The van der Waals surface area contributed by atoms with Crippen molar-refractivity contribution in [2.75, 3.05) is 16.8 Å². The van der Waals surface area contributed by atoms with Crippen molar-refractivity contribution in [2.24, 2.45) is 0 Å². The van der Waals surface area contributed by atoms with Crippen LogP contribution in [-0.4, -0.2) is 23.6 Å². The predicted octanol–water partition coefficient (Wildman–Crippen LogP) is 4.86. The number of hydrogen-bond donors (Lipinski definition) is 1. The van der Waals surface area contributed by atoms with Gasteiger partial charge in [0.2, 0.25) is 11.8 Å². The minimum Gasteiger partial charge on any atom is -0.326 e. The summed E-state index contributed by atoms with van der Waals surface area (Å²) in [7, 11) is 0. The van der Waals surface area contributed by atoms with Crippen molar-refractivity contribution in [3.05, 3.63) is 53.1 Å². The van der Waals surface area contributed by atoms with E-state index in [2.05, 4.69) is 24.4 Å². The van der Waals surface area contributed by atoms with E-state index in [4.69, 9.17) is 0 Å². The van der Waals surface area contributed by atoms with Crippen LogP contribution in [0.3, 0.4) is 0 Å². The third kappa shape index (κ3) is 4.53. The van der Waals surface area contributed by atoms with E-state index < -0.39 is 0 Å². The zero-order chi connectivity index (χ0) is 19.6. The summed E-state index contributed by atoms with van der Waals surface area (Å²) in [5, 5.41) is 3.32. The Hall–Kier alpha value is -2.27. The van der Waals surface area contributed by atoms with Crippen LogP contribution in [0.2, 0.25) is 0 Å². The van der Waals surface area contributed by atoms with Crippen LogP contribution in [-0.2, 0) is 9.59 Å². The number of anilines is 2. The summed E-state index contributed by atoms with van der Waals surface area (Å²) < 4.78 is 0. The van der Waals surface area contributed by atoms with Crippen molar-refractivity contribution in [2.45, 2.75) is 50.7 Å². The maximum absolute atomic E-state index is 12.8. The van der Waals surface area contributed by atoms with E-state index >= 15 is 0 Å². The van der Waals surface area contributed by atoms with Gasteiger partial charge in [-0.1, -0.05) is 36.8 Å². The number of benzene rings is 2. The number of carbonyl (C=O) groups is 2. The number of aryl methyl sites for hydroxylation is 3. The monoisotopic (exact) mass is 382 g/mol. The Bertz CT molecular complexity index is 855. The van der Waals surface area contributed by atoms with Gasteiger partial charge >= 0.3 is 0 Å². The van der Waals surface area contributed by atoms with Gasteiger partial charge < -0.3 is 10.2 Å². The lowest BCUT2D eigenvalue weighted by Crippen LogP contribution is -2.38. The molecule has 1 heterocycles. The first kappa shape index (κ1) is 19.5. The van der Waals surface area contributed by atoms with Crippen LogP contribution in [0.1, 0.15) is 36.5 Å². The number of para-hydroxylation sites is 1. The highest BCUT2D eigenvalue weighted by atomic mass is 32.2. The molecule has 0 unspecified atom stereocenters. The second-order valence-electron chi connectivity index (χ2n) is 7.22. The van der Waals surface area contributed by atoms with Crippen LogP contribution in [0.15, 0.2) is 41.3 Å². The number of fused-ring (bicyclic) bond motifs is 1. The van der Waals surface area contributed by atoms with Crippen molar-refractivity contribution in [3.8, 4) is 0 Å². The highest BCUT2D eigenvalue weighted by Crippen LogP contribution is 2.38. The molecule has 3 rings (SSSR count). The average Bonchev–Trinajstić information content (AvgIpc) is 2.62. The summed E-state index contributed by atoms with van der Waals surface area (Å²) in [6, 6.07) is 12.1. The van der Waals surface area contributed by atoms with Crippen LogP contribution in [0.5, 0.6) is 0 Å². The molecule has 1 aliphatic rings. The molecular formula is C22H26N2O2S. The van der Waals surface area contributed by atoms with E-state index in [9.17, 15) is 9.59 Å². The fraction of sp³-hybridized carbons (Fsp3) is 0.364. The van der Waals surface area contributed by atoms with Crippen LogP contribution in [0.4, 0.5) is 11.4 Å². The molecule has 0 aromatic heterocycles. The fourth-order valence-electron chi connectivity index (χ4n) is 3.56. The smallest absolute Gasteiger partial charge is 0.227 e. The Morgan fingerprint density at radius 2 is 1.78 bits per heavy atom. The number of nitrogens with zero attached hydrogens (tertiary/aromatic N) is 1. The molecule has 0 spiro atoms. The number of amides is 2. The molecule has 5 heteroatoms. The molecule has 0 bridgehead atoms. The van der Waals surface area contributed by atoms with E-state index in [1.54, 1.807) is 11.8 Å². The highest BCUT2D eigenvalue weighted by Gasteiger charge is 2.26. The van der Waals surface area contributed by atoms with Gasteiger partial charge in [-0.2, -0.15) is 0 Å². The van der Waals surface area contributed by atoms with Crippen LogP contribution in [0, 0.1) is 20.8 Å². The van der Waals surface area contributed by atoms with Crippen molar-refractivity contribution >= 4 is 35.0 Å². The van der Waals surface area contributed by atoms with Crippen molar-refractivity contribution in [1.29, 1.82) is 0 Å². The summed E-state index contributed by atoms with van der Waals surface area (Å²) in [5.74, 6) is -0.117. The van der Waals surface area contributed by atoms with Gasteiger partial charge in [0.1, 0.15) is 0 Å². The first-order chi connectivity index (χ1) is 12.8. The normalized spacial score (nSPS) is 16.0. The molecule has 0 saturated carbocycles. The Morgan fingerprint density at radius 1 is 1.11 bits per heavy atom. The molecule has 1 atom stereocenters. The first-order valence-electron chi connectivity index (χ1n) is 9.29. The first-order valence-corrected chi connectivity index (χ1v) is 10.2. The summed E-state index contributed by atoms with van der Waals surface area (Å²) in [4.78, 5) is 28.1. The SMILES string of the molecule is Cc1cc(C)c(NC(=O)CCC(=O)N2C[C@@H](C)Sc3ccccc32)c(C)c1. The summed E-state index contributed by atoms with van der Waals surface area (Å²) in [5.41, 5.74) is 5.07. The molecule has 1 N–H and O–H groups in total. The molecule has 4 nitrogen and oxygen atoms in total. The number of hydrogen-bond acceptors (Lipinski definition) is 3. The Balaban J connectivity index is 1.64. The lowest BCUT2D eigenvalue weighted by Gasteiger charge is -2.32. The molecule has 0 radical (unpaired) electrons. The average molecular weight is 383 g/mol. The quantitative estimate of drug-likeness (QED) is 0.822. The van der Waals surface area contributed by atoms with Gasteiger partial charge in [-0.15, -0.1) is 11.8 Å². The van der Waals surface area contributed by atoms with Gasteiger partial charge in [-0.25, -0.2) is 0 Å². The standard InChI is InChI=1S/C22H26N2O2S/c1-14-11-15(2)22(16(3)12-14)23-20(25)9-10-21(26)24-13-17(4)27-19-8-6-5-7-18(19)24/h5-8,11-12,17H,9-10,13H2,1-4H3,(H,23,25)/t17-/m1/s1. The van der Waals surface area contributed by atoms with E-state index in [0.29, 0.717) is 11.8 Å². The number of rotatable bonds is 4. The van der Waals surface area contributed by atoms with Crippen LogP contribution < -0.4 is 10.2 Å². The van der Waals surface area contributed by atoms with E-state index in [0.717, 1.165) is 27.4 Å².